The molecule has 0 aromatic carbocycles. The smallest absolute Gasteiger partial charge is 0.305 e. The van der Waals surface area contributed by atoms with Crippen LogP contribution in [0.15, 0.2) is 5.38 Å². The standard InChI is InChI=1S/C13H22N2O2S2/c1-10(7-8-18-4)15(2)13-14-11(9-19-13)5-6-12(16)17-3/h9-10H,5-8H2,1-4H3. The van der Waals surface area contributed by atoms with Crippen molar-refractivity contribution < 1.29 is 9.53 Å². The SMILES string of the molecule is COC(=O)CCc1csc(N(C)C(C)CCSC)n1. The van der Waals surface area contributed by atoms with E-state index in [0.717, 1.165) is 23.0 Å². The Balaban J connectivity index is 2.50. The number of methoxy groups -OCH3 is 1. The van der Waals surface area contributed by atoms with Crippen molar-refractivity contribution >= 4 is 34.2 Å². The lowest BCUT2D eigenvalue weighted by Crippen LogP contribution is -2.29. The summed E-state index contributed by atoms with van der Waals surface area (Å²) < 4.78 is 4.63. The molecule has 108 valence electrons. The van der Waals surface area contributed by atoms with E-state index in [0.29, 0.717) is 18.9 Å². The average Bonchev–Trinajstić information content (AvgIpc) is 2.89. The summed E-state index contributed by atoms with van der Waals surface area (Å²) in [6.45, 7) is 2.21. The number of rotatable bonds is 8. The van der Waals surface area contributed by atoms with Crippen molar-refractivity contribution in [2.75, 3.05) is 31.1 Å². The molecule has 19 heavy (non-hydrogen) atoms. The number of nitrogens with zero attached hydrogens (tertiary/aromatic N) is 2. The van der Waals surface area contributed by atoms with Crippen LogP contribution in [-0.4, -0.2) is 43.2 Å². The van der Waals surface area contributed by atoms with Gasteiger partial charge in [0.25, 0.3) is 0 Å². The van der Waals surface area contributed by atoms with Gasteiger partial charge in [-0.3, -0.25) is 4.79 Å². The number of ether oxygens (including phenoxy) is 1. The second-order valence-corrected chi connectivity index (χ2v) is 6.26. The van der Waals surface area contributed by atoms with Gasteiger partial charge in [-0.1, -0.05) is 0 Å². The molecule has 0 bridgehead atoms. The summed E-state index contributed by atoms with van der Waals surface area (Å²) >= 11 is 3.50. The normalized spacial score (nSPS) is 12.2. The summed E-state index contributed by atoms with van der Waals surface area (Å²) in [5, 5.41) is 3.05. The molecule has 4 nitrogen and oxygen atoms in total. The molecule has 0 aliphatic heterocycles. The number of anilines is 1. The first-order chi connectivity index (χ1) is 9.08. The quantitative estimate of drug-likeness (QED) is 0.691. The first-order valence-corrected chi connectivity index (χ1v) is 8.58. The zero-order valence-corrected chi connectivity index (χ0v) is 13.6. The highest BCUT2D eigenvalue weighted by Gasteiger charge is 2.13. The van der Waals surface area contributed by atoms with Gasteiger partial charge in [-0.05, 0) is 25.4 Å². The third-order valence-corrected chi connectivity index (χ3v) is 4.68. The first kappa shape index (κ1) is 16.3. The Bertz CT molecular complexity index is 396. The van der Waals surface area contributed by atoms with Crippen LogP contribution in [0.3, 0.4) is 0 Å². The predicted molar refractivity (Wildman–Crippen MR) is 83.3 cm³/mol. The molecule has 1 aromatic heterocycles. The van der Waals surface area contributed by atoms with Crippen LogP contribution in [0, 0.1) is 0 Å². The van der Waals surface area contributed by atoms with E-state index < -0.39 is 0 Å². The van der Waals surface area contributed by atoms with Gasteiger partial charge in [-0.25, -0.2) is 4.98 Å². The highest BCUT2D eigenvalue weighted by atomic mass is 32.2. The van der Waals surface area contributed by atoms with E-state index in [1.165, 1.54) is 7.11 Å². The van der Waals surface area contributed by atoms with Crippen molar-refractivity contribution in [3.63, 3.8) is 0 Å². The van der Waals surface area contributed by atoms with Crippen LogP contribution in [-0.2, 0) is 16.0 Å². The molecule has 1 aromatic rings. The van der Waals surface area contributed by atoms with Gasteiger partial charge in [0.1, 0.15) is 0 Å². The predicted octanol–water partition coefficient (Wildman–Crippen LogP) is 2.83. The summed E-state index contributed by atoms with van der Waals surface area (Å²) in [5.74, 6) is 0.975. The maximum atomic E-state index is 11.1. The van der Waals surface area contributed by atoms with Crippen LogP contribution < -0.4 is 4.90 Å². The highest BCUT2D eigenvalue weighted by molar-refractivity contribution is 7.98. The molecule has 0 amide bonds. The number of carbonyl (C=O) groups is 1. The van der Waals surface area contributed by atoms with E-state index in [1.807, 2.05) is 17.1 Å². The molecule has 1 atom stereocenters. The molecule has 0 saturated heterocycles. The third-order valence-electron chi connectivity index (χ3n) is 3.06. The van der Waals surface area contributed by atoms with Crippen molar-refractivity contribution in [1.82, 2.24) is 4.98 Å². The van der Waals surface area contributed by atoms with Crippen LogP contribution in [0.25, 0.3) is 0 Å². The molecule has 1 unspecified atom stereocenters. The zero-order valence-electron chi connectivity index (χ0n) is 12.0. The second-order valence-electron chi connectivity index (χ2n) is 4.44. The van der Waals surface area contributed by atoms with Gasteiger partial charge < -0.3 is 9.64 Å². The largest absolute Gasteiger partial charge is 0.469 e. The Labute approximate surface area is 123 Å². The maximum Gasteiger partial charge on any atom is 0.305 e. The molecule has 0 radical (unpaired) electrons. The van der Waals surface area contributed by atoms with Gasteiger partial charge in [0.05, 0.1) is 19.2 Å². The first-order valence-electron chi connectivity index (χ1n) is 6.31. The van der Waals surface area contributed by atoms with Gasteiger partial charge in [0.2, 0.25) is 0 Å². The van der Waals surface area contributed by atoms with Crippen LogP contribution in [0.4, 0.5) is 5.13 Å². The molecule has 0 N–H and O–H groups in total. The van der Waals surface area contributed by atoms with Gasteiger partial charge in [0, 0.05) is 24.9 Å². The molecule has 6 heteroatoms. The topological polar surface area (TPSA) is 42.4 Å². The lowest BCUT2D eigenvalue weighted by atomic mass is 10.2. The Morgan fingerprint density at radius 2 is 2.37 bits per heavy atom. The Morgan fingerprint density at radius 1 is 1.63 bits per heavy atom. The number of hydrogen-bond acceptors (Lipinski definition) is 6. The Morgan fingerprint density at radius 3 is 3.00 bits per heavy atom. The number of aromatic nitrogens is 1. The van der Waals surface area contributed by atoms with Crippen LogP contribution in [0.1, 0.15) is 25.5 Å². The minimum absolute atomic E-state index is 0.184. The van der Waals surface area contributed by atoms with E-state index in [2.05, 4.69) is 34.8 Å². The molecular weight excluding hydrogens is 280 g/mol. The number of carbonyl (C=O) groups excluding carboxylic acids is 1. The molecule has 1 heterocycles. The van der Waals surface area contributed by atoms with Gasteiger partial charge >= 0.3 is 5.97 Å². The van der Waals surface area contributed by atoms with Crippen molar-refractivity contribution in [2.45, 2.75) is 32.2 Å². The third kappa shape index (κ3) is 5.40. The zero-order chi connectivity index (χ0) is 14.3. The number of hydrogen-bond donors (Lipinski definition) is 0. The van der Waals surface area contributed by atoms with E-state index in [1.54, 1.807) is 11.3 Å². The molecule has 0 spiro atoms. The molecule has 0 fully saturated rings. The van der Waals surface area contributed by atoms with Gasteiger partial charge in [0.15, 0.2) is 5.13 Å². The Kier molecular flexibility index (Phi) is 7.23. The molecule has 1 rings (SSSR count). The van der Waals surface area contributed by atoms with Crippen molar-refractivity contribution in [3.8, 4) is 0 Å². The van der Waals surface area contributed by atoms with E-state index >= 15 is 0 Å². The summed E-state index contributed by atoms with van der Waals surface area (Å²) in [6, 6.07) is 0.479. The monoisotopic (exact) mass is 302 g/mol. The van der Waals surface area contributed by atoms with E-state index in [4.69, 9.17) is 0 Å². The lowest BCUT2D eigenvalue weighted by molar-refractivity contribution is -0.140. The number of aryl methyl sites for hydroxylation is 1. The lowest BCUT2D eigenvalue weighted by Gasteiger charge is -2.23. The van der Waals surface area contributed by atoms with Crippen molar-refractivity contribution in [3.05, 3.63) is 11.1 Å². The molecule has 0 aliphatic carbocycles. The average molecular weight is 302 g/mol. The van der Waals surface area contributed by atoms with Crippen LogP contribution in [0.5, 0.6) is 0 Å². The molecule has 0 saturated carbocycles. The van der Waals surface area contributed by atoms with Crippen molar-refractivity contribution in [1.29, 1.82) is 0 Å². The number of esters is 1. The maximum absolute atomic E-state index is 11.1. The molecular formula is C13H22N2O2S2. The number of thiazole rings is 1. The van der Waals surface area contributed by atoms with Crippen LogP contribution >= 0.6 is 23.1 Å². The molecule has 0 aliphatic rings. The van der Waals surface area contributed by atoms with Gasteiger partial charge in [-0.15, -0.1) is 11.3 Å². The Hall–Kier alpha value is -0.750. The fourth-order valence-electron chi connectivity index (χ4n) is 1.58. The number of thioether (sulfide) groups is 1. The summed E-state index contributed by atoms with van der Waals surface area (Å²) in [5.41, 5.74) is 0.967. The fraction of sp³-hybridized carbons (Fsp3) is 0.692. The minimum atomic E-state index is -0.184. The van der Waals surface area contributed by atoms with E-state index in [9.17, 15) is 4.79 Å². The van der Waals surface area contributed by atoms with Crippen molar-refractivity contribution in [2.24, 2.45) is 0 Å². The summed E-state index contributed by atoms with van der Waals surface area (Å²) in [7, 11) is 3.49. The van der Waals surface area contributed by atoms with Gasteiger partial charge in [-0.2, -0.15) is 11.8 Å². The second kappa shape index (κ2) is 8.43. The highest BCUT2D eigenvalue weighted by Crippen LogP contribution is 2.23. The van der Waals surface area contributed by atoms with Crippen LogP contribution in [0.2, 0.25) is 0 Å². The minimum Gasteiger partial charge on any atom is -0.469 e. The fourth-order valence-corrected chi connectivity index (χ4v) is 3.08. The summed E-state index contributed by atoms with van der Waals surface area (Å²) in [6.07, 6.45) is 4.32. The van der Waals surface area contributed by atoms with E-state index in [-0.39, 0.29) is 5.97 Å². The summed E-state index contributed by atoms with van der Waals surface area (Å²) in [4.78, 5) is 17.9.